The van der Waals surface area contributed by atoms with Gasteiger partial charge in [-0.15, -0.1) is 0 Å². The Morgan fingerprint density at radius 1 is 1.15 bits per heavy atom. The summed E-state index contributed by atoms with van der Waals surface area (Å²) in [5.74, 6) is 0.463. The van der Waals surface area contributed by atoms with E-state index in [-0.39, 0.29) is 30.9 Å². The quantitative estimate of drug-likeness (QED) is 0.868. The van der Waals surface area contributed by atoms with Crippen LogP contribution in [0.25, 0.3) is 10.9 Å². The number of rotatable bonds is 3. The van der Waals surface area contributed by atoms with Crippen molar-refractivity contribution in [2.45, 2.75) is 0 Å². The minimum absolute atomic E-state index is 0.0328. The molecule has 0 radical (unpaired) electrons. The topological polar surface area (TPSA) is 69.5 Å². The molecule has 5 nitrogen and oxygen atoms in total. The van der Waals surface area contributed by atoms with Crippen molar-refractivity contribution in [3.63, 3.8) is 0 Å². The highest BCUT2D eigenvalue weighted by atomic mass is 19.1. The van der Waals surface area contributed by atoms with E-state index in [0.717, 1.165) is 11.2 Å². The van der Waals surface area contributed by atoms with Gasteiger partial charge < -0.3 is 15.1 Å². The van der Waals surface area contributed by atoms with Gasteiger partial charge in [-0.1, -0.05) is 0 Å². The van der Waals surface area contributed by atoms with E-state index in [0.29, 0.717) is 18.6 Å². The highest BCUT2D eigenvalue weighted by Crippen LogP contribution is 2.30. The zero-order valence-corrected chi connectivity index (χ0v) is 10.9. The summed E-state index contributed by atoms with van der Waals surface area (Å²) in [4.78, 5) is 10.4. The molecule has 2 aromatic rings. The Morgan fingerprint density at radius 2 is 1.85 bits per heavy atom. The Kier molecular flexibility index (Phi) is 3.50. The maximum absolute atomic E-state index is 13.2. The molecule has 1 aliphatic rings. The normalized spacial score (nSPS) is 22.6. The summed E-state index contributed by atoms with van der Waals surface area (Å²) in [5, 5.41) is 19.5. The van der Waals surface area contributed by atoms with Crippen molar-refractivity contribution in [1.82, 2.24) is 9.97 Å². The summed E-state index contributed by atoms with van der Waals surface area (Å²) in [7, 11) is 0. The minimum Gasteiger partial charge on any atom is -0.396 e. The van der Waals surface area contributed by atoms with Crippen LogP contribution in [0.4, 0.5) is 10.2 Å². The van der Waals surface area contributed by atoms with Crippen molar-refractivity contribution in [3.8, 4) is 0 Å². The van der Waals surface area contributed by atoms with Crippen LogP contribution >= 0.6 is 0 Å². The molecule has 2 unspecified atom stereocenters. The Labute approximate surface area is 115 Å². The van der Waals surface area contributed by atoms with E-state index < -0.39 is 0 Å². The Hall–Kier alpha value is -1.79. The largest absolute Gasteiger partial charge is 0.396 e. The average Bonchev–Trinajstić information content (AvgIpc) is 2.89. The molecular formula is C14H16FN3O2. The molecule has 1 saturated heterocycles. The SMILES string of the molecule is OCC1CN(c2ncnc3cc(F)ccc23)CC1CO. The van der Waals surface area contributed by atoms with Crippen LogP contribution in [0.1, 0.15) is 0 Å². The number of aromatic nitrogens is 2. The molecule has 106 valence electrons. The molecule has 0 amide bonds. The standard InChI is InChI=1S/C14H16FN3O2/c15-11-1-2-12-13(3-11)16-8-17-14(12)18-4-9(6-19)10(5-18)7-20/h1-3,8-10,19-20H,4-7H2. The molecule has 1 aromatic carbocycles. The number of aliphatic hydroxyl groups is 2. The van der Waals surface area contributed by atoms with Crippen LogP contribution < -0.4 is 4.90 Å². The van der Waals surface area contributed by atoms with Crippen molar-refractivity contribution in [2.24, 2.45) is 11.8 Å². The number of anilines is 1. The average molecular weight is 277 g/mol. The molecule has 20 heavy (non-hydrogen) atoms. The number of nitrogens with zero attached hydrogens (tertiary/aromatic N) is 3. The van der Waals surface area contributed by atoms with Crippen LogP contribution in [0.5, 0.6) is 0 Å². The van der Waals surface area contributed by atoms with Gasteiger partial charge in [0.2, 0.25) is 0 Å². The van der Waals surface area contributed by atoms with E-state index in [9.17, 15) is 14.6 Å². The molecule has 2 heterocycles. The van der Waals surface area contributed by atoms with Crippen molar-refractivity contribution < 1.29 is 14.6 Å². The van der Waals surface area contributed by atoms with Crippen LogP contribution in [-0.4, -0.2) is 46.5 Å². The van der Waals surface area contributed by atoms with Gasteiger partial charge in [0.15, 0.2) is 0 Å². The first-order chi connectivity index (χ1) is 9.72. The van der Waals surface area contributed by atoms with Crippen LogP contribution in [-0.2, 0) is 0 Å². The summed E-state index contributed by atoms with van der Waals surface area (Å²) in [6.07, 6.45) is 1.41. The first-order valence-corrected chi connectivity index (χ1v) is 6.60. The second-order valence-electron chi connectivity index (χ2n) is 5.15. The van der Waals surface area contributed by atoms with E-state index in [1.807, 2.05) is 4.90 Å². The van der Waals surface area contributed by atoms with Gasteiger partial charge in [-0.25, -0.2) is 14.4 Å². The molecule has 0 aliphatic carbocycles. The van der Waals surface area contributed by atoms with Gasteiger partial charge in [0.1, 0.15) is 18.0 Å². The second kappa shape index (κ2) is 5.30. The molecule has 6 heteroatoms. The Balaban J connectivity index is 1.99. The van der Waals surface area contributed by atoms with Crippen molar-refractivity contribution in [3.05, 3.63) is 30.3 Å². The van der Waals surface area contributed by atoms with Crippen LogP contribution in [0.15, 0.2) is 24.5 Å². The first-order valence-electron chi connectivity index (χ1n) is 6.60. The van der Waals surface area contributed by atoms with Gasteiger partial charge in [-0.3, -0.25) is 0 Å². The molecule has 3 rings (SSSR count). The third kappa shape index (κ3) is 2.21. The van der Waals surface area contributed by atoms with Crippen molar-refractivity contribution in [2.75, 3.05) is 31.2 Å². The smallest absolute Gasteiger partial charge is 0.139 e. The van der Waals surface area contributed by atoms with Gasteiger partial charge in [-0.05, 0) is 12.1 Å². The number of hydrogen-bond donors (Lipinski definition) is 2. The molecule has 2 atom stereocenters. The fourth-order valence-electron chi connectivity index (χ4n) is 2.79. The van der Waals surface area contributed by atoms with Crippen LogP contribution in [0.2, 0.25) is 0 Å². The predicted octanol–water partition coefficient (Wildman–Crippen LogP) is 0.806. The fourth-order valence-corrected chi connectivity index (χ4v) is 2.79. The second-order valence-corrected chi connectivity index (χ2v) is 5.15. The number of fused-ring (bicyclic) bond motifs is 1. The predicted molar refractivity (Wildman–Crippen MR) is 72.9 cm³/mol. The zero-order chi connectivity index (χ0) is 14.1. The van der Waals surface area contributed by atoms with Gasteiger partial charge >= 0.3 is 0 Å². The number of halogens is 1. The van der Waals surface area contributed by atoms with Gasteiger partial charge in [-0.2, -0.15) is 0 Å². The van der Waals surface area contributed by atoms with Gasteiger partial charge in [0, 0.05) is 49.6 Å². The summed E-state index contributed by atoms with van der Waals surface area (Å²) >= 11 is 0. The minimum atomic E-state index is -0.329. The molecule has 1 aliphatic heterocycles. The lowest BCUT2D eigenvalue weighted by Crippen LogP contribution is -2.22. The molecular weight excluding hydrogens is 261 g/mol. The lowest BCUT2D eigenvalue weighted by atomic mass is 9.98. The number of hydrogen-bond acceptors (Lipinski definition) is 5. The third-order valence-electron chi connectivity index (χ3n) is 3.92. The summed E-state index contributed by atoms with van der Waals surface area (Å²) in [6, 6.07) is 4.43. The molecule has 2 N–H and O–H groups in total. The number of benzene rings is 1. The monoisotopic (exact) mass is 277 g/mol. The molecule has 0 bridgehead atoms. The Morgan fingerprint density at radius 3 is 2.50 bits per heavy atom. The van der Waals surface area contributed by atoms with Crippen LogP contribution in [0.3, 0.4) is 0 Å². The van der Waals surface area contributed by atoms with E-state index in [1.54, 1.807) is 6.07 Å². The zero-order valence-electron chi connectivity index (χ0n) is 10.9. The van der Waals surface area contributed by atoms with Crippen LogP contribution in [0, 0.1) is 17.7 Å². The maximum atomic E-state index is 13.2. The van der Waals surface area contributed by atoms with E-state index in [1.165, 1.54) is 18.5 Å². The molecule has 1 aromatic heterocycles. The highest BCUT2D eigenvalue weighted by molar-refractivity contribution is 5.89. The van der Waals surface area contributed by atoms with E-state index >= 15 is 0 Å². The lowest BCUT2D eigenvalue weighted by molar-refractivity contribution is 0.152. The van der Waals surface area contributed by atoms with Crippen molar-refractivity contribution in [1.29, 1.82) is 0 Å². The van der Waals surface area contributed by atoms with E-state index in [4.69, 9.17) is 0 Å². The van der Waals surface area contributed by atoms with Gasteiger partial charge in [0.25, 0.3) is 0 Å². The summed E-state index contributed by atoms with van der Waals surface area (Å²) in [5.41, 5.74) is 0.558. The Bertz CT molecular complexity index is 610. The third-order valence-corrected chi connectivity index (χ3v) is 3.92. The van der Waals surface area contributed by atoms with Gasteiger partial charge in [0.05, 0.1) is 5.52 Å². The highest BCUT2D eigenvalue weighted by Gasteiger charge is 2.33. The maximum Gasteiger partial charge on any atom is 0.139 e. The fraction of sp³-hybridized carbons (Fsp3) is 0.429. The molecule has 1 fully saturated rings. The number of aliphatic hydroxyl groups excluding tert-OH is 2. The van der Waals surface area contributed by atoms with E-state index in [2.05, 4.69) is 9.97 Å². The molecule has 0 spiro atoms. The molecule has 0 saturated carbocycles. The first kappa shape index (κ1) is 13.2. The lowest BCUT2D eigenvalue weighted by Gasteiger charge is -2.18. The summed E-state index contributed by atoms with van der Waals surface area (Å²) < 4.78 is 13.2. The summed E-state index contributed by atoms with van der Waals surface area (Å²) in [6.45, 7) is 1.34. The van der Waals surface area contributed by atoms with Crippen molar-refractivity contribution >= 4 is 16.7 Å².